The van der Waals surface area contributed by atoms with E-state index in [1.807, 2.05) is 85.8 Å². The van der Waals surface area contributed by atoms with E-state index in [4.69, 9.17) is 23.7 Å². The normalized spacial score (nSPS) is 15.5. The highest BCUT2D eigenvalue weighted by Crippen LogP contribution is 2.28. The van der Waals surface area contributed by atoms with Crippen LogP contribution in [0.4, 0.5) is 0 Å². The van der Waals surface area contributed by atoms with Crippen LogP contribution in [0.25, 0.3) is 0 Å². The maximum atomic E-state index is 10.0. The van der Waals surface area contributed by atoms with Crippen molar-refractivity contribution in [3.8, 4) is 0 Å². The molecule has 0 spiro atoms. The van der Waals surface area contributed by atoms with Crippen LogP contribution in [-0.4, -0.2) is 50.5 Å². The molecule has 1 N–H and O–H groups in total. The quantitative estimate of drug-likeness (QED) is 0.201. The molecule has 5 atom stereocenters. The Hall–Kier alpha value is -2.58. The predicted octanol–water partition coefficient (Wildman–Crippen LogP) is 6.02. The van der Waals surface area contributed by atoms with Gasteiger partial charge < -0.3 is 28.8 Å². The Bertz CT molecular complexity index is 1010. The third-order valence-corrected chi connectivity index (χ3v) is 7.20. The van der Waals surface area contributed by atoms with Gasteiger partial charge in [-0.25, -0.2) is 0 Å². The van der Waals surface area contributed by atoms with Crippen LogP contribution in [-0.2, 0) is 43.5 Å². The van der Waals surface area contributed by atoms with Crippen LogP contribution in [0.15, 0.2) is 91.0 Å². The molecule has 0 heterocycles. The molecule has 3 aromatic carbocycles. The Morgan fingerprint density at radius 1 is 0.590 bits per heavy atom. The summed E-state index contributed by atoms with van der Waals surface area (Å²) in [5.41, 5.74) is 3.22. The number of rotatable bonds is 18. The van der Waals surface area contributed by atoms with Crippen molar-refractivity contribution in [3.05, 3.63) is 108 Å². The number of hydrogen-bond acceptors (Lipinski definition) is 6. The van der Waals surface area contributed by atoms with Gasteiger partial charge in [-0.05, 0) is 28.5 Å². The largest absolute Gasteiger partial charge is 0.396 e. The number of hydrogen-bond donors (Lipinski definition) is 1. The number of ether oxygens (including phenoxy) is 5. The van der Waals surface area contributed by atoms with E-state index in [-0.39, 0.29) is 30.7 Å². The molecular formula is C33H44O6. The average Bonchev–Trinajstić information content (AvgIpc) is 2.99. The second-order valence-electron chi connectivity index (χ2n) is 10.0. The molecule has 0 saturated heterocycles. The monoisotopic (exact) mass is 536 g/mol. The Morgan fingerprint density at radius 3 is 1.41 bits per heavy atom. The van der Waals surface area contributed by atoms with Gasteiger partial charge in [-0.3, -0.25) is 0 Å². The lowest BCUT2D eigenvalue weighted by atomic mass is 9.86. The molecular weight excluding hydrogens is 492 g/mol. The van der Waals surface area contributed by atoms with E-state index in [2.05, 4.69) is 19.1 Å². The van der Waals surface area contributed by atoms with Crippen LogP contribution in [0.3, 0.4) is 0 Å². The number of aliphatic hydroxyl groups is 1. The lowest BCUT2D eigenvalue weighted by molar-refractivity contribution is -0.205. The summed E-state index contributed by atoms with van der Waals surface area (Å²) < 4.78 is 31.0. The summed E-state index contributed by atoms with van der Waals surface area (Å²) in [5.74, 6) is 0.0238. The summed E-state index contributed by atoms with van der Waals surface area (Å²) in [6.45, 7) is 5.48. The fraction of sp³-hybridized carbons (Fsp3) is 0.455. The first-order valence-electron chi connectivity index (χ1n) is 13.7. The summed E-state index contributed by atoms with van der Waals surface area (Å²) in [6, 6.07) is 30.3. The van der Waals surface area contributed by atoms with E-state index in [0.717, 1.165) is 16.7 Å². The van der Waals surface area contributed by atoms with Crippen LogP contribution in [0.2, 0.25) is 0 Å². The molecule has 0 aliphatic rings. The number of methoxy groups -OCH3 is 2. The molecule has 0 radical (unpaired) electrons. The maximum Gasteiger partial charge on any atom is 0.183 e. The Balaban J connectivity index is 1.88. The molecule has 6 heteroatoms. The molecule has 212 valence electrons. The zero-order valence-corrected chi connectivity index (χ0v) is 23.6. The molecule has 6 nitrogen and oxygen atoms in total. The second-order valence-corrected chi connectivity index (χ2v) is 10.0. The zero-order valence-electron chi connectivity index (χ0n) is 23.6. The van der Waals surface area contributed by atoms with E-state index in [9.17, 15) is 5.11 Å². The van der Waals surface area contributed by atoms with Gasteiger partial charge in [0.2, 0.25) is 0 Å². The smallest absolute Gasteiger partial charge is 0.183 e. The minimum atomic E-state index is -0.586. The molecule has 3 rings (SSSR count). The maximum absolute atomic E-state index is 10.0. The molecule has 0 fully saturated rings. The summed E-state index contributed by atoms with van der Waals surface area (Å²) >= 11 is 0. The van der Waals surface area contributed by atoms with Gasteiger partial charge in [0.05, 0.1) is 32.0 Å². The van der Waals surface area contributed by atoms with Crippen molar-refractivity contribution in [1.29, 1.82) is 0 Å². The molecule has 0 aromatic heterocycles. The molecule has 0 amide bonds. The minimum absolute atomic E-state index is 0.0119. The number of aliphatic hydroxyl groups excluding tert-OH is 1. The first-order chi connectivity index (χ1) is 19.0. The van der Waals surface area contributed by atoms with Crippen molar-refractivity contribution >= 4 is 0 Å². The van der Waals surface area contributed by atoms with Crippen LogP contribution in [0.5, 0.6) is 0 Å². The fourth-order valence-electron chi connectivity index (χ4n) is 4.59. The van der Waals surface area contributed by atoms with Crippen LogP contribution in [0, 0.1) is 11.8 Å². The van der Waals surface area contributed by atoms with Crippen molar-refractivity contribution in [2.75, 3.05) is 20.8 Å². The van der Waals surface area contributed by atoms with Crippen LogP contribution < -0.4 is 0 Å². The topological polar surface area (TPSA) is 66.4 Å². The molecule has 0 aliphatic heterocycles. The highest BCUT2D eigenvalue weighted by molar-refractivity contribution is 5.15. The highest BCUT2D eigenvalue weighted by atomic mass is 16.7. The van der Waals surface area contributed by atoms with E-state index in [0.29, 0.717) is 26.2 Å². The van der Waals surface area contributed by atoms with Gasteiger partial charge in [-0.2, -0.15) is 0 Å². The van der Waals surface area contributed by atoms with Crippen LogP contribution >= 0.6 is 0 Å². The first-order valence-corrected chi connectivity index (χ1v) is 13.7. The van der Waals surface area contributed by atoms with Gasteiger partial charge in [-0.15, -0.1) is 0 Å². The van der Waals surface area contributed by atoms with E-state index in [1.165, 1.54) is 0 Å². The van der Waals surface area contributed by atoms with Crippen molar-refractivity contribution in [1.82, 2.24) is 0 Å². The van der Waals surface area contributed by atoms with Gasteiger partial charge in [0.25, 0.3) is 0 Å². The van der Waals surface area contributed by atoms with Gasteiger partial charge in [0.1, 0.15) is 6.10 Å². The van der Waals surface area contributed by atoms with Gasteiger partial charge in [0.15, 0.2) is 6.29 Å². The van der Waals surface area contributed by atoms with Crippen LogP contribution in [0.1, 0.15) is 37.0 Å². The zero-order chi connectivity index (χ0) is 27.9. The third-order valence-electron chi connectivity index (χ3n) is 7.20. The van der Waals surface area contributed by atoms with E-state index < -0.39 is 12.4 Å². The summed E-state index contributed by atoms with van der Waals surface area (Å²) in [4.78, 5) is 0. The Kier molecular flexibility index (Phi) is 13.6. The summed E-state index contributed by atoms with van der Waals surface area (Å²) in [6.07, 6.45) is -1.19. The third kappa shape index (κ3) is 10.2. The highest BCUT2D eigenvalue weighted by Gasteiger charge is 2.36. The van der Waals surface area contributed by atoms with Gasteiger partial charge >= 0.3 is 0 Å². The van der Waals surface area contributed by atoms with Crippen molar-refractivity contribution in [2.45, 2.75) is 64.7 Å². The average molecular weight is 537 g/mol. The minimum Gasteiger partial charge on any atom is -0.396 e. The standard InChI is InChI=1S/C33H44O6/c1-25(21-34)26(2)32(39-24-29-18-12-7-13-19-29)30(37-22-27-14-8-5-9-15-27)20-31(33(35-3)36-4)38-23-28-16-10-6-11-17-28/h5-19,25-26,30-34H,20-24H2,1-4H3/t25?,26?,30-,31-,32?/m1/s1. The fourth-order valence-corrected chi connectivity index (χ4v) is 4.59. The van der Waals surface area contributed by atoms with Crippen molar-refractivity contribution in [3.63, 3.8) is 0 Å². The lowest BCUT2D eigenvalue weighted by Gasteiger charge is -2.37. The molecule has 39 heavy (non-hydrogen) atoms. The first kappa shape index (κ1) is 31.0. The van der Waals surface area contributed by atoms with E-state index in [1.54, 1.807) is 14.2 Å². The summed E-state index contributed by atoms with van der Waals surface area (Å²) in [5, 5.41) is 10.0. The SMILES string of the molecule is COC(OC)[C@@H](C[C@@H](OCc1ccccc1)C(OCc1ccccc1)C(C)C(C)CO)OCc1ccccc1. The predicted molar refractivity (Wildman–Crippen MR) is 153 cm³/mol. The van der Waals surface area contributed by atoms with Gasteiger partial charge in [-0.1, -0.05) is 105 Å². The molecule has 0 bridgehead atoms. The second kappa shape index (κ2) is 17.2. The van der Waals surface area contributed by atoms with Crippen molar-refractivity contribution in [2.24, 2.45) is 11.8 Å². The molecule has 3 aromatic rings. The van der Waals surface area contributed by atoms with Crippen molar-refractivity contribution < 1.29 is 28.8 Å². The lowest BCUT2D eigenvalue weighted by Crippen LogP contribution is -2.45. The van der Waals surface area contributed by atoms with Gasteiger partial charge in [0, 0.05) is 27.2 Å². The Labute approximate surface area is 233 Å². The molecule has 0 saturated carbocycles. The van der Waals surface area contributed by atoms with E-state index >= 15 is 0 Å². The number of benzene rings is 3. The molecule has 3 unspecified atom stereocenters. The molecule has 0 aliphatic carbocycles. The summed E-state index contributed by atoms with van der Waals surface area (Å²) in [7, 11) is 3.24. The Morgan fingerprint density at radius 2 is 1.00 bits per heavy atom.